The van der Waals surface area contributed by atoms with Gasteiger partial charge in [0.15, 0.2) is 0 Å². The Bertz CT molecular complexity index is 2200. The third-order valence-electron chi connectivity index (χ3n) is 9.41. The lowest BCUT2D eigenvalue weighted by Crippen LogP contribution is -2.33. The van der Waals surface area contributed by atoms with Crippen molar-refractivity contribution in [3.63, 3.8) is 0 Å². The first-order valence-electron chi connectivity index (χ1n) is 16.4. The minimum absolute atomic E-state index is 0.106. The topological polar surface area (TPSA) is 48.2 Å². The highest BCUT2D eigenvalue weighted by molar-refractivity contribution is 6.09. The Hall–Kier alpha value is -6.24. The van der Waals surface area contributed by atoms with Gasteiger partial charge < -0.3 is 5.32 Å². The van der Waals surface area contributed by atoms with Gasteiger partial charge in [-0.15, -0.1) is 0 Å². The van der Waals surface area contributed by atoms with Gasteiger partial charge in [-0.3, -0.25) is 0 Å². The summed E-state index contributed by atoms with van der Waals surface area (Å²) in [5, 5.41) is 13.1. The van der Waals surface area contributed by atoms with Crippen LogP contribution in [0.15, 0.2) is 175 Å². The number of fused-ring (bicyclic) bond motifs is 1. The second kappa shape index (κ2) is 12.9. The third kappa shape index (κ3) is 5.55. The number of rotatable bonds is 6. The molecule has 0 fully saturated rings. The van der Waals surface area contributed by atoms with E-state index in [1.165, 1.54) is 27.8 Å². The Kier molecular flexibility index (Phi) is 7.82. The average molecular weight is 616 g/mol. The van der Waals surface area contributed by atoms with Crippen LogP contribution in [0.3, 0.4) is 0 Å². The molecule has 1 N–H and O–H groups in total. The van der Waals surface area contributed by atoms with Crippen molar-refractivity contribution < 1.29 is 0 Å². The summed E-state index contributed by atoms with van der Waals surface area (Å²) >= 11 is 0. The summed E-state index contributed by atoms with van der Waals surface area (Å²) in [6.07, 6.45) is 3.27. The molecule has 0 spiro atoms. The first-order valence-corrected chi connectivity index (χ1v) is 16.4. The predicted octanol–water partition coefficient (Wildman–Crippen LogP) is 10.2. The van der Waals surface area contributed by atoms with E-state index in [0.29, 0.717) is 5.56 Å². The molecule has 0 saturated carbocycles. The normalized spacial score (nSPS) is 17.0. The van der Waals surface area contributed by atoms with E-state index in [2.05, 4.69) is 163 Å². The Balaban J connectivity index is 1.19. The van der Waals surface area contributed by atoms with Crippen LogP contribution in [0.25, 0.3) is 16.8 Å². The van der Waals surface area contributed by atoms with Crippen LogP contribution in [0.4, 0.5) is 0 Å². The summed E-state index contributed by atoms with van der Waals surface area (Å²) in [6, 6.07) is 59.5. The number of allylic oxidation sites excluding steroid dienone is 1. The highest BCUT2D eigenvalue weighted by Crippen LogP contribution is 2.43. The van der Waals surface area contributed by atoms with Crippen LogP contribution < -0.4 is 5.32 Å². The molecule has 0 saturated heterocycles. The standard InChI is InChI=1S/C45H33N3/c46-30-31-20-22-32(23-21-31)38-28-29-39(41-19-11-10-18-40(38)41)33-24-26-36(27-25-33)44-42(34-12-4-1-5-13-34)43(35-14-6-2-7-15-35)47-45(48-44)37-16-8-3-9-17-37/h1-28,39,44H,29H2,(H,47,48). The zero-order valence-corrected chi connectivity index (χ0v) is 26.4. The van der Waals surface area contributed by atoms with Crippen molar-refractivity contribution in [2.24, 2.45) is 4.99 Å². The number of nitrogens with zero attached hydrogens (tertiary/aromatic N) is 2. The van der Waals surface area contributed by atoms with Crippen LogP contribution in [0, 0.1) is 11.3 Å². The maximum Gasteiger partial charge on any atom is 0.134 e. The van der Waals surface area contributed by atoms with Crippen LogP contribution in [-0.2, 0) is 0 Å². The lowest BCUT2D eigenvalue weighted by molar-refractivity contribution is 0.789. The molecule has 6 aromatic rings. The van der Waals surface area contributed by atoms with E-state index in [0.717, 1.165) is 45.8 Å². The molecule has 48 heavy (non-hydrogen) atoms. The quantitative estimate of drug-likeness (QED) is 0.203. The molecule has 0 amide bonds. The molecule has 2 unspecified atom stereocenters. The van der Waals surface area contributed by atoms with Gasteiger partial charge in [0, 0.05) is 22.6 Å². The zero-order chi connectivity index (χ0) is 32.3. The molecule has 2 atom stereocenters. The van der Waals surface area contributed by atoms with Gasteiger partial charge in [-0.2, -0.15) is 5.26 Å². The summed E-state index contributed by atoms with van der Waals surface area (Å²) < 4.78 is 0. The van der Waals surface area contributed by atoms with Gasteiger partial charge in [-0.05, 0) is 57.5 Å². The van der Waals surface area contributed by atoms with E-state index >= 15 is 0 Å². The zero-order valence-electron chi connectivity index (χ0n) is 26.4. The van der Waals surface area contributed by atoms with E-state index in [1.54, 1.807) is 0 Å². The summed E-state index contributed by atoms with van der Waals surface area (Å²) in [5.74, 6) is 1.12. The lowest BCUT2D eigenvalue weighted by atomic mass is 9.77. The molecule has 1 aliphatic carbocycles. The number of hydrogen-bond donors (Lipinski definition) is 1. The average Bonchev–Trinajstić information content (AvgIpc) is 3.18. The minimum atomic E-state index is -0.106. The molecule has 228 valence electrons. The van der Waals surface area contributed by atoms with Crippen molar-refractivity contribution in [2.75, 3.05) is 0 Å². The summed E-state index contributed by atoms with van der Waals surface area (Å²) in [4.78, 5) is 5.28. The SMILES string of the molecule is N#Cc1ccc(C2=CCC(c3ccc(C4NC(c5ccccc5)=NC(c5ccccc5)=C4c4ccccc4)cc3)c3ccccc32)cc1. The second-order valence-electron chi connectivity index (χ2n) is 12.2. The number of nitrogens with one attached hydrogen (secondary N) is 1. The summed E-state index contributed by atoms with van der Waals surface area (Å²) in [5.41, 5.74) is 13.6. The molecule has 2 aliphatic rings. The highest BCUT2D eigenvalue weighted by atomic mass is 15.1. The molecule has 0 radical (unpaired) electrons. The van der Waals surface area contributed by atoms with Crippen LogP contribution in [0.5, 0.6) is 0 Å². The minimum Gasteiger partial charge on any atom is -0.359 e. The Morgan fingerprint density at radius 3 is 1.81 bits per heavy atom. The van der Waals surface area contributed by atoms with Gasteiger partial charge in [0.1, 0.15) is 5.84 Å². The molecule has 1 aliphatic heterocycles. The van der Waals surface area contributed by atoms with Crippen LogP contribution in [0.1, 0.15) is 68.5 Å². The third-order valence-corrected chi connectivity index (χ3v) is 9.41. The molecule has 1 heterocycles. The van der Waals surface area contributed by atoms with Crippen molar-refractivity contribution in [2.45, 2.75) is 18.4 Å². The van der Waals surface area contributed by atoms with Crippen molar-refractivity contribution in [3.8, 4) is 6.07 Å². The second-order valence-corrected chi connectivity index (χ2v) is 12.2. The van der Waals surface area contributed by atoms with Crippen molar-refractivity contribution in [1.29, 1.82) is 5.26 Å². The number of amidine groups is 1. The fraction of sp³-hybridized carbons (Fsp3) is 0.0667. The van der Waals surface area contributed by atoms with Crippen LogP contribution >= 0.6 is 0 Å². The van der Waals surface area contributed by atoms with Gasteiger partial charge in [0.25, 0.3) is 0 Å². The van der Waals surface area contributed by atoms with Crippen molar-refractivity contribution in [3.05, 3.63) is 220 Å². The molecule has 6 aromatic carbocycles. The van der Waals surface area contributed by atoms with Gasteiger partial charge in [0.05, 0.1) is 23.4 Å². The van der Waals surface area contributed by atoms with E-state index in [9.17, 15) is 5.26 Å². The molecule has 8 rings (SSSR count). The van der Waals surface area contributed by atoms with Gasteiger partial charge in [0.2, 0.25) is 0 Å². The molecule has 3 heteroatoms. The Morgan fingerprint density at radius 1 is 0.562 bits per heavy atom. The molecular formula is C45H33N3. The summed E-state index contributed by atoms with van der Waals surface area (Å²) in [7, 11) is 0. The van der Waals surface area contributed by atoms with Gasteiger partial charge in [-0.25, -0.2) is 4.99 Å². The van der Waals surface area contributed by atoms with E-state index < -0.39 is 0 Å². The van der Waals surface area contributed by atoms with Crippen LogP contribution in [0.2, 0.25) is 0 Å². The number of nitriles is 1. The fourth-order valence-electron chi connectivity index (χ4n) is 7.03. The highest BCUT2D eigenvalue weighted by Gasteiger charge is 2.30. The Labute approximate surface area is 281 Å². The monoisotopic (exact) mass is 615 g/mol. The fourth-order valence-corrected chi connectivity index (χ4v) is 7.03. The van der Waals surface area contributed by atoms with Crippen molar-refractivity contribution in [1.82, 2.24) is 5.32 Å². The van der Waals surface area contributed by atoms with E-state index in [4.69, 9.17) is 4.99 Å². The van der Waals surface area contributed by atoms with Gasteiger partial charge >= 0.3 is 0 Å². The molecule has 3 nitrogen and oxygen atoms in total. The first kappa shape index (κ1) is 29.2. The number of aliphatic imine (C=N–C) groups is 1. The van der Waals surface area contributed by atoms with Crippen LogP contribution in [-0.4, -0.2) is 5.84 Å². The maximum absolute atomic E-state index is 9.29. The smallest absolute Gasteiger partial charge is 0.134 e. The van der Waals surface area contributed by atoms with Gasteiger partial charge in [-0.1, -0.05) is 158 Å². The lowest BCUT2D eigenvalue weighted by Gasteiger charge is -2.31. The molecule has 0 bridgehead atoms. The first-order chi connectivity index (χ1) is 23.8. The van der Waals surface area contributed by atoms with Crippen molar-refractivity contribution >= 4 is 22.7 Å². The Morgan fingerprint density at radius 2 is 1.15 bits per heavy atom. The van der Waals surface area contributed by atoms with E-state index in [-0.39, 0.29) is 12.0 Å². The maximum atomic E-state index is 9.29. The number of hydrogen-bond acceptors (Lipinski definition) is 3. The predicted molar refractivity (Wildman–Crippen MR) is 196 cm³/mol. The molecular weight excluding hydrogens is 583 g/mol. The summed E-state index contributed by atoms with van der Waals surface area (Å²) in [6.45, 7) is 0. The largest absolute Gasteiger partial charge is 0.359 e. The number of benzene rings is 6. The molecule has 0 aromatic heterocycles. The van der Waals surface area contributed by atoms with E-state index in [1.807, 2.05) is 18.2 Å².